The fourth-order valence-electron chi connectivity index (χ4n) is 2.65. The first kappa shape index (κ1) is 22.5. The van der Waals surface area contributed by atoms with Crippen molar-refractivity contribution in [2.24, 2.45) is 0 Å². The van der Waals surface area contributed by atoms with Crippen LogP contribution in [0.4, 0.5) is 10.1 Å². The average molecular weight is 452 g/mol. The highest BCUT2D eigenvalue weighted by molar-refractivity contribution is 7.89. The van der Waals surface area contributed by atoms with Crippen LogP contribution in [0.2, 0.25) is 0 Å². The summed E-state index contributed by atoms with van der Waals surface area (Å²) in [5.74, 6) is -1.02. The number of hydrogen-bond acceptors (Lipinski definition) is 7. The molecule has 0 spiro atoms. The molecule has 0 bridgehead atoms. The first-order valence-corrected chi connectivity index (χ1v) is 10.9. The van der Waals surface area contributed by atoms with E-state index < -0.39 is 33.8 Å². The zero-order valence-electron chi connectivity index (χ0n) is 16.6. The van der Waals surface area contributed by atoms with Gasteiger partial charge in [0.25, 0.3) is 5.91 Å². The van der Waals surface area contributed by atoms with Gasteiger partial charge in [-0.3, -0.25) is 9.59 Å². The van der Waals surface area contributed by atoms with E-state index in [1.165, 1.54) is 49.4 Å². The van der Waals surface area contributed by atoms with Crippen molar-refractivity contribution in [2.75, 3.05) is 25.1 Å². The van der Waals surface area contributed by atoms with Crippen LogP contribution < -0.4 is 19.5 Å². The van der Waals surface area contributed by atoms with Gasteiger partial charge < -0.3 is 19.5 Å². The standard InChI is InChI=1S/C20H21FN2O7S/c1-13(20(25)23-15-4-2-14(21)3-5-15)30-19(24)8-9-22-31(26,27)16-6-7-17-18(12-16)29-11-10-28-17/h2-7,12-13,22H,8-11H2,1H3,(H,23,25)/t13-/m0/s1. The molecule has 2 aromatic rings. The van der Waals surface area contributed by atoms with Gasteiger partial charge in [-0.15, -0.1) is 0 Å². The predicted molar refractivity (Wildman–Crippen MR) is 108 cm³/mol. The van der Waals surface area contributed by atoms with Crippen molar-refractivity contribution >= 4 is 27.6 Å². The third kappa shape index (κ3) is 6.15. The Morgan fingerprint density at radius 3 is 2.48 bits per heavy atom. The van der Waals surface area contributed by atoms with Gasteiger partial charge in [-0.05, 0) is 43.3 Å². The molecule has 31 heavy (non-hydrogen) atoms. The van der Waals surface area contributed by atoms with E-state index in [0.29, 0.717) is 30.4 Å². The maximum Gasteiger partial charge on any atom is 0.307 e. The number of esters is 1. The second-order valence-corrected chi connectivity index (χ2v) is 8.35. The molecule has 0 saturated heterocycles. The van der Waals surface area contributed by atoms with Crippen LogP contribution in [0.1, 0.15) is 13.3 Å². The smallest absolute Gasteiger partial charge is 0.307 e. The molecule has 1 atom stereocenters. The molecule has 1 heterocycles. The largest absolute Gasteiger partial charge is 0.486 e. The molecule has 0 radical (unpaired) electrons. The molecule has 2 aromatic carbocycles. The molecule has 0 unspecified atom stereocenters. The molecule has 0 saturated carbocycles. The van der Waals surface area contributed by atoms with Crippen molar-refractivity contribution in [1.29, 1.82) is 0 Å². The quantitative estimate of drug-likeness (QED) is 0.587. The van der Waals surface area contributed by atoms with Crippen LogP contribution in [0.5, 0.6) is 11.5 Å². The number of hydrogen-bond donors (Lipinski definition) is 2. The monoisotopic (exact) mass is 452 g/mol. The Kier molecular flexibility index (Phi) is 7.08. The van der Waals surface area contributed by atoms with E-state index in [0.717, 1.165) is 0 Å². The van der Waals surface area contributed by atoms with Crippen molar-refractivity contribution < 1.29 is 36.6 Å². The van der Waals surface area contributed by atoms with Crippen LogP contribution >= 0.6 is 0 Å². The molecule has 0 fully saturated rings. The summed E-state index contributed by atoms with van der Waals surface area (Å²) < 4.78 is 55.7. The van der Waals surface area contributed by atoms with Crippen molar-refractivity contribution in [3.8, 4) is 11.5 Å². The second-order valence-electron chi connectivity index (χ2n) is 6.58. The first-order valence-electron chi connectivity index (χ1n) is 9.40. The van der Waals surface area contributed by atoms with Gasteiger partial charge in [-0.25, -0.2) is 17.5 Å². The van der Waals surface area contributed by atoms with Crippen LogP contribution in [0.15, 0.2) is 47.4 Å². The van der Waals surface area contributed by atoms with E-state index in [4.69, 9.17) is 14.2 Å². The highest BCUT2D eigenvalue weighted by Gasteiger charge is 2.21. The number of benzene rings is 2. The Morgan fingerprint density at radius 2 is 1.77 bits per heavy atom. The number of fused-ring (bicyclic) bond motifs is 1. The lowest BCUT2D eigenvalue weighted by Crippen LogP contribution is -2.32. The SMILES string of the molecule is C[C@H](OC(=O)CCNS(=O)(=O)c1ccc2c(c1)OCCO2)C(=O)Nc1ccc(F)cc1. The Balaban J connectivity index is 1.46. The van der Waals surface area contributed by atoms with Gasteiger partial charge in [0, 0.05) is 18.3 Å². The minimum absolute atomic E-state index is 0.0304. The van der Waals surface area contributed by atoms with E-state index in [9.17, 15) is 22.4 Å². The van der Waals surface area contributed by atoms with E-state index >= 15 is 0 Å². The topological polar surface area (TPSA) is 120 Å². The summed E-state index contributed by atoms with van der Waals surface area (Å²) in [5, 5.41) is 2.48. The molecule has 1 amide bonds. The lowest BCUT2D eigenvalue weighted by atomic mass is 10.3. The molecule has 0 aliphatic carbocycles. The highest BCUT2D eigenvalue weighted by atomic mass is 32.2. The van der Waals surface area contributed by atoms with Gasteiger partial charge in [0.1, 0.15) is 19.0 Å². The fraction of sp³-hybridized carbons (Fsp3) is 0.300. The normalized spacial score (nSPS) is 13.9. The molecule has 1 aliphatic heterocycles. The summed E-state index contributed by atoms with van der Waals surface area (Å²) in [6.07, 6.45) is -1.40. The average Bonchev–Trinajstić information content (AvgIpc) is 2.74. The number of carbonyl (C=O) groups excluding carboxylic acids is 2. The molecule has 2 N–H and O–H groups in total. The van der Waals surface area contributed by atoms with Crippen molar-refractivity contribution in [2.45, 2.75) is 24.3 Å². The van der Waals surface area contributed by atoms with Crippen molar-refractivity contribution in [1.82, 2.24) is 4.72 Å². The molecule has 166 valence electrons. The van der Waals surface area contributed by atoms with Gasteiger partial charge >= 0.3 is 5.97 Å². The predicted octanol–water partition coefficient (Wildman–Crippen LogP) is 1.84. The summed E-state index contributed by atoms with van der Waals surface area (Å²) in [4.78, 5) is 24.0. The van der Waals surface area contributed by atoms with Crippen LogP contribution in [0.25, 0.3) is 0 Å². The summed E-state index contributed by atoms with van der Waals surface area (Å²) in [6, 6.07) is 9.31. The maximum absolute atomic E-state index is 12.9. The summed E-state index contributed by atoms with van der Waals surface area (Å²) in [7, 11) is -3.88. The lowest BCUT2D eigenvalue weighted by Gasteiger charge is -2.19. The van der Waals surface area contributed by atoms with Gasteiger partial charge in [0.05, 0.1) is 11.3 Å². The van der Waals surface area contributed by atoms with Crippen molar-refractivity contribution in [3.63, 3.8) is 0 Å². The molecule has 1 aliphatic rings. The third-order valence-corrected chi connectivity index (χ3v) is 5.69. The lowest BCUT2D eigenvalue weighted by molar-refractivity contribution is -0.152. The van der Waals surface area contributed by atoms with E-state index in [1.54, 1.807) is 0 Å². The number of nitrogens with one attached hydrogen (secondary N) is 2. The first-order chi connectivity index (χ1) is 14.7. The fourth-order valence-corrected chi connectivity index (χ4v) is 3.70. The van der Waals surface area contributed by atoms with Crippen molar-refractivity contribution in [3.05, 3.63) is 48.3 Å². The van der Waals surface area contributed by atoms with Gasteiger partial charge in [0.2, 0.25) is 10.0 Å². The van der Waals surface area contributed by atoms with Crippen LogP contribution in [-0.4, -0.2) is 46.2 Å². The Hall–Kier alpha value is -3.18. The number of rotatable bonds is 8. The molecule has 11 heteroatoms. The highest BCUT2D eigenvalue weighted by Crippen LogP contribution is 2.32. The maximum atomic E-state index is 12.9. The summed E-state index contributed by atoms with van der Waals surface area (Å²) >= 11 is 0. The molecule has 0 aromatic heterocycles. The number of anilines is 1. The minimum atomic E-state index is -3.88. The third-order valence-electron chi connectivity index (χ3n) is 4.23. The number of amides is 1. The van der Waals surface area contributed by atoms with Crippen LogP contribution in [0, 0.1) is 5.82 Å². The van der Waals surface area contributed by atoms with Gasteiger partial charge in [-0.1, -0.05) is 0 Å². The molecular weight excluding hydrogens is 431 g/mol. The zero-order chi connectivity index (χ0) is 22.4. The van der Waals surface area contributed by atoms with Crippen LogP contribution in [0.3, 0.4) is 0 Å². The molecule has 3 rings (SSSR count). The van der Waals surface area contributed by atoms with Crippen LogP contribution in [-0.2, 0) is 24.3 Å². The second kappa shape index (κ2) is 9.75. The van der Waals surface area contributed by atoms with E-state index in [1.807, 2.05) is 0 Å². The van der Waals surface area contributed by atoms with Gasteiger partial charge in [-0.2, -0.15) is 0 Å². The number of carbonyl (C=O) groups is 2. The number of ether oxygens (including phenoxy) is 3. The Morgan fingerprint density at radius 1 is 1.10 bits per heavy atom. The Labute approximate surface area is 178 Å². The zero-order valence-corrected chi connectivity index (χ0v) is 17.4. The van der Waals surface area contributed by atoms with E-state index in [-0.39, 0.29) is 17.9 Å². The summed E-state index contributed by atoms with van der Waals surface area (Å²) in [5.41, 5.74) is 0.349. The molecular formula is C20H21FN2O7S. The Bertz CT molecular complexity index is 1060. The summed E-state index contributed by atoms with van der Waals surface area (Å²) in [6.45, 7) is 1.86. The van der Waals surface area contributed by atoms with E-state index in [2.05, 4.69) is 10.0 Å². The number of sulfonamides is 1. The number of halogens is 1. The van der Waals surface area contributed by atoms with Gasteiger partial charge in [0.15, 0.2) is 17.6 Å². The molecule has 9 nitrogen and oxygen atoms in total. The minimum Gasteiger partial charge on any atom is -0.486 e.